The van der Waals surface area contributed by atoms with E-state index in [2.05, 4.69) is 15.5 Å². The summed E-state index contributed by atoms with van der Waals surface area (Å²) >= 11 is 0. The van der Waals surface area contributed by atoms with Gasteiger partial charge in [-0.3, -0.25) is 0 Å². The molecule has 0 saturated heterocycles. The highest BCUT2D eigenvalue weighted by molar-refractivity contribution is 7.87. The van der Waals surface area contributed by atoms with Crippen molar-refractivity contribution in [3.05, 3.63) is 12.7 Å². The molecular weight excluding hydrogens is 261 g/mol. The van der Waals surface area contributed by atoms with Gasteiger partial charge in [0.25, 0.3) is 10.1 Å². The maximum absolute atomic E-state index is 11.7. The number of halogens is 3. The number of hydrogen-bond acceptors (Lipinski definition) is 4. The molecule has 0 rings (SSSR count). The molecule has 0 bridgehead atoms. The molecular formula is C9H15F3O4S. The molecule has 2 atom stereocenters. The molecule has 0 heterocycles. The fourth-order valence-corrected chi connectivity index (χ4v) is 1.87. The van der Waals surface area contributed by atoms with E-state index >= 15 is 0 Å². The molecule has 4 nitrogen and oxygen atoms in total. The summed E-state index contributed by atoms with van der Waals surface area (Å²) in [4.78, 5) is 0. The Morgan fingerprint density at radius 1 is 1.35 bits per heavy atom. The Bertz CT molecular complexity index is 337. The van der Waals surface area contributed by atoms with Gasteiger partial charge in [-0.2, -0.15) is 21.6 Å². The van der Waals surface area contributed by atoms with E-state index in [1.165, 1.54) is 13.0 Å². The van der Waals surface area contributed by atoms with Gasteiger partial charge >= 0.3 is 6.18 Å². The second-order valence-corrected chi connectivity index (χ2v) is 5.46. The fraction of sp³-hybridized carbons (Fsp3) is 0.778. The predicted molar refractivity (Wildman–Crippen MR) is 55.7 cm³/mol. The number of allylic oxidation sites excluding steroid dienone is 1. The van der Waals surface area contributed by atoms with Crippen molar-refractivity contribution in [1.82, 2.24) is 0 Å². The van der Waals surface area contributed by atoms with E-state index in [0.29, 0.717) is 0 Å². The summed E-state index contributed by atoms with van der Waals surface area (Å²) in [6.45, 7) is 3.91. The molecule has 17 heavy (non-hydrogen) atoms. The quantitative estimate of drug-likeness (QED) is 0.309. The topological polar surface area (TPSA) is 52.6 Å². The van der Waals surface area contributed by atoms with Gasteiger partial charge < -0.3 is 4.74 Å². The lowest BCUT2D eigenvalue weighted by Gasteiger charge is -2.16. The highest BCUT2D eigenvalue weighted by atomic mass is 32.2. The van der Waals surface area contributed by atoms with Gasteiger partial charge in [0.05, 0.1) is 5.25 Å². The maximum atomic E-state index is 11.7. The largest absolute Gasteiger partial charge is 0.411 e. The number of hydrogen-bond donors (Lipinski definition) is 0. The van der Waals surface area contributed by atoms with Gasteiger partial charge in [-0.05, 0) is 12.8 Å². The van der Waals surface area contributed by atoms with Crippen LogP contribution in [0.3, 0.4) is 0 Å². The molecule has 102 valence electrons. The molecule has 0 N–H and O–H groups in total. The predicted octanol–water partition coefficient (Wildman–Crippen LogP) is 2.08. The molecule has 0 aromatic carbocycles. The Balaban J connectivity index is 4.16. The average molecular weight is 276 g/mol. The summed E-state index contributed by atoms with van der Waals surface area (Å²) in [5, 5.41) is -0.894. The van der Waals surface area contributed by atoms with Gasteiger partial charge in [-0.25, -0.2) is 4.18 Å². The molecule has 0 amide bonds. The zero-order valence-electron chi connectivity index (χ0n) is 9.53. The van der Waals surface area contributed by atoms with Crippen molar-refractivity contribution in [2.24, 2.45) is 5.92 Å². The smallest absolute Gasteiger partial charge is 0.345 e. The minimum absolute atomic E-state index is 0.373. The number of rotatable bonds is 7. The molecule has 0 radical (unpaired) electrons. The summed E-state index contributed by atoms with van der Waals surface area (Å²) in [5.41, 5.74) is 0. The highest BCUT2D eigenvalue weighted by Crippen LogP contribution is 2.17. The molecule has 0 aromatic rings. The van der Waals surface area contributed by atoms with E-state index in [1.807, 2.05) is 0 Å². The van der Waals surface area contributed by atoms with Crippen LogP contribution >= 0.6 is 0 Å². The summed E-state index contributed by atoms with van der Waals surface area (Å²) < 4.78 is 66.2. The van der Waals surface area contributed by atoms with Crippen LogP contribution in [0.5, 0.6) is 0 Å². The fourth-order valence-electron chi connectivity index (χ4n) is 0.820. The van der Waals surface area contributed by atoms with E-state index in [9.17, 15) is 21.6 Å². The van der Waals surface area contributed by atoms with Gasteiger partial charge in [0.15, 0.2) is 6.79 Å². The Hall–Kier alpha value is -0.600. The SMILES string of the molecule is C=CC(C)C(C)S(=O)(=O)OCOCC(F)(F)F. The van der Waals surface area contributed by atoms with Crippen LogP contribution in [-0.2, 0) is 19.0 Å². The standard InChI is InChI=1S/C9H15F3O4S/c1-4-7(2)8(3)17(13,14)16-6-15-5-9(10,11)12/h4,7-8H,1,5-6H2,2-3H3. The summed E-state index contributed by atoms with van der Waals surface area (Å²) in [6, 6.07) is 0. The third-order valence-corrected chi connectivity index (χ3v) is 3.89. The van der Waals surface area contributed by atoms with Gasteiger partial charge in [-0.1, -0.05) is 13.0 Å². The Morgan fingerprint density at radius 2 is 1.88 bits per heavy atom. The van der Waals surface area contributed by atoms with Crippen LogP contribution in [-0.4, -0.2) is 33.2 Å². The molecule has 0 aliphatic carbocycles. The molecule has 0 aliphatic rings. The second kappa shape index (κ2) is 6.36. The molecule has 0 aliphatic heterocycles. The highest BCUT2D eigenvalue weighted by Gasteiger charge is 2.29. The minimum atomic E-state index is -4.51. The maximum Gasteiger partial charge on any atom is 0.411 e. The Labute approximate surface area is 98.5 Å². The van der Waals surface area contributed by atoms with Crippen LogP contribution in [0.15, 0.2) is 12.7 Å². The van der Waals surface area contributed by atoms with Crippen molar-refractivity contribution in [3.63, 3.8) is 0 Å². The minimum Gasteiger partial charge on any atom is -0.345 e. The molecule has 2 unspecified atom stereocenters. The van der Waals surface area contributed by atoms with Crippen molar-refractivity contribution >= 4 is 10.1 Å². The average Bonchev–Trinajstić information content (AvgIpc) is 2.21. The monoisotopic (exact) mass is 276 g/mol. The molecule has 0 aromatic heterocycles. The third-order valence-electron chi connectivity index (χ3n) is 2.13. The zero-order valence-corrected chi connectivity index (χ0v) is 10.3. The lowest BCUT2D eigenvalue weighted by atomic mass is 10.1. The molecule has 8 heteroatoms. The second-order valence-electron chi connectivity index (χ2n) is 3.49. The summed E-state index contributed by atoms with van der Waals surface area (Å²) in [6.07, 6.45) is -3.09. The zero-order chi connectivity index (χ0) is 13.7. The first-order chi connectivity index (χ1) is 7.60. The Morgan fingerprint density at radius 3 is 2.29 bits per heavy atom. The lowest BCUT2D eigenvalue weighted by Crippen LogP contribution is -2.27. The van der Waals surface area contributed by atoms with Gasteiger partial charge in [0.1, 0.15) is 6.61 Å². The van der Waals surface area contributed by atoms with E-state index in [0.717, 1.165) is 0 Å². The number of ether oxygens (including phenoxy) is 1. The van der Waals surface area contributed by atoms with Crippen molar-refractivity contribution < 1.29 is 30.5 Å². The first-order valence-corrected chi connectivity index (χ1v) is 6.22. The first-order valence-electron chi connectivity index (χ1n) is 4.75. The van der Waals surface area contributed by atoms with Crippen molar-refractivity contribution in [2.45, 2.75) is 25.3 Å². The van der Waals surface area contributed by atoms with Gasteiger partial charge in [0, 0.05) is 0 Å². The van der Waals surface area contributed by atoms with Crippen LogP contribution in [0.25, 0.3) is 0 Å². The normalized spacial score (nSPS) is 16.5. The first kappa shape index (κ1) is 16.4. The number of alkyl halides is 3. The summed E-state index contributed by atoms with van der Waals surface area (Å²) in [5.74, 6) is -0.373. The van der Waals surface area contributed by atoms with Crippen LogP contribution in [0.1, 0.15) is 13.8 Å². The van der Waals surface area contributed by atoms with Crippen LogP contribution in [0.4, 0.5) is 13.2 Å². The van der Waals surface area contributed by atoms with Crippen LogP contribution in [0.2, 0.25) is 0 Å². The van der Waals surface area contributed by atoms with E-state index < -0.39 is 34.9 Å². The van der Waals surface area contributed by atoms with Gasteiger partial charge in [0.2, 0.25) is 0 Å². The van der Waals surface area contributed by atoms with Crippen molar-refractivity contribution in [3.8, 4) is 0 Å². The Kier molecular flexibility index (Phi) is 6.14. The van der Waals surface area contributed by atoms with Crippen molar-refractivity contribution in [2.75, 3.05) is 13.4 Å². The van der Waals surface area contributed by atoms with Crippen molar-refractivity contribution in [1.29, 1.82) is 0 Å². The lowest BCUT2D eigenvalue weighted by molar-refractivity contribution is -0.186. The summed E-state index contributed by atoms with van der Waals surface area (Å²) in [7, 11) is -3.95. The van der Waals surface area contributed by atoms with E-state index in [-0.39, 0.29) is 5.92 Å². The van der Waals surface area contributed by atoms with Crippen LogP contribution in [0, 0.1) is 5.92 Å². The van der Waals surface area contributed by atoms with Crippen LogP contribution < -0.4 is 0 Å². The van der Waals surface area contributed by atoms with E-state index in [4.69, 9.17) is 0 Å². The molecule has 0 fully saturated rings. The van der Waals surface area contributed by atoms with E-state index in [1.54, 1.807) is 6.92 Å². The molecule has 0 spiro atoms. The third kappa shape index (κ3) is 6.64. The molecule has 0 saturated carbocycles. The van der Waals surface area contributed by atoms with Gasteiger partial charge in [-0.15, -0.1) is 6.58 Å².